The maximum absolute atomic E-state index is 12.0. The second-order valence-corrected chi connectivity index (χ2v) is 6.30. The summed E-state index contributed by atoms with van der Waals surface area (Å²) in [6, 6.07) is 10.5. The molecule has 0 saturated carbocycles. The van der Waals surface area contributed by atoms with E-state index in [1.165, 1.54) is 5.56 Å². The Labute approximate surface area is 150 Å². The molecule has 1 amide bonds. The van der Waals surface area contributed by atoms with Gasteiger partial charge >= 0.3 is 5.97 Å². The molecule has 0 radical (unpaired) electrons. The molecule has 1 heterocycles. The van der Waals surface area contributed by atoms with Crippen LogP contribution in [0.3, 0.4) is 0 Å². The van der Waals surface area contributed by atoms with Gasteiger partial charge in [0.2, 0.25) is 5.91 Å². The summed E-state index contributed by atoms with van der Waals surface area (Å²) >= 11 is 0. The third-order valence-electron chi connectivity index (χ3n) is 4.27. The van der Waals surface area contributed by atoms with Crippen LogP contribution in [-0.4, -0.2) is 67.6 Å². The van der Waals surface area contributed by atoms with Crippen molar-refractivity contribution >= 4 is 11.9 Å². The minimum atomic E-state index is -0.203. The third-order valence-corrected chi connectivity index (χ3v) is 4.27. The van der Waals surface area contributed by atoms with Crippen LogP contribution in [0.4, 0.5) is 0 Å². The first-order valence-corrected chi connectivity index (χ1v) is 9.08. The number of piperazine rings is 1. The van der Waals surface area contributed by atoms with Crippen LogP contribution in [0.15, 0.2) is 30.3 Å². The Morgan fingerprint density at radius 3 is 2.44 bits per heavy atom. The van der Waals surface area contributed by atoms with Gasteiger partial charge in [0, 0.05) is 45.7 Å². The molecule has 138 valence electrons. The van der Waals surface area contributed by atoms with E-state index in [2.05, 4.69) is 39.4 Å². The van der Waals surface area contributed by atoms with Crippen molar-refractivity contribution in [3.05, 3.63) is 35.9 Å². The summed E-state index contributed by atoms with van der Waals surface area (Å²) in [5.41, 5.74) is 1.33. The molecule has 1 aromatic carbocycles. The smallest absolute Gasteiger partial charge is 0.305 e. The molecule has 0 bridgehead atoms. The second-order valence-electron chi connectivity index (χ2n) is 6.30. The number of ether oxygens (including phenoxy) is 1. The van der Waals surface area contributed by atoms with Crippen LogP contribution in [0.2, 0.25) is 0 Å². The number of nitrogens with one attached hydrogen (secondary N) is 1. The molecule has 1 aliphatic heterocycles. The fourth-order valence-corrected chi connectivity index (χ4v) is 2.90. The highest BCUT2D eigenvalue weighted by molar-refractivity contribution is 5.78. The standard InChI is InChI=1S/C19H29N3O3/c1-2-25-19(24)9-6-10-20-18(23)16-22-13-11-21(12-14-22)15-17-7-4-3-5-8-17/h3-5,7-8H,2,6,9-16H2,1H3,(H,20,23). The van der Waals surface area contributed by atoms with E-state index in [0.29, 0.717) is 32.5 Å². The number of carbonyl (C=O) groups is 2. The van der Waals surface area contributed by atoms with Gasteiger partial charge in [-0.05, 0) is 18.9 Å². The molecule has 2 rings (SSSR count). The van der Waals surface area contributed by atoms with E-state index in [4.69, 9.17) is 4.74 Å². The lowest BCUT2D eigenvalue weighted by Gasteiger charge is -2.34. The summed E-state index contributed by atoms with van der Waals surface area (Å²) in [5, 5.41) is 2.88. The molecular weight excluding hydrogens is 318 g/mol. The van der Waals surface area contributed by atoms with Crippen LogP contribution in [0.5, 0.6) is 0 Å². The van der Waals surface area contributed by atoms with Crippen molar-refractivity contribution in [3.8, 4) is 0 Å². The van der Waals surface area contributed by atoms with Crippen molar-refractivity contribution in [2.75, 3.05) is 45.9 Å². The lowest BCUT2D eigenvalue weighted by molar-refractivity contribution is -0.143. The zero-order valence-electron chi connectivity index (χ0n) is 15.1. The number of hydrogen-bond acceptors (Lipinski definition) is 5. The van der Waals surface area contributed by atoms with Crippen molar-refractivity contribution in [1.29, 1.82) is 0 Å². The predicted octanol–water partition coefficient (Wildman–Crippen LogP) is 1.26. The van der Waals surface area contributed by atoms with E-state index in [0.717, 1.165) is 32.7 Å². The van der Waals surface area contributed by atoms with Gasteiger partial charge in [-0.3, -0.25) is 19.4 Å². The monoisotopic (exact) mass is 347 g/mol. The minimum Gasteiger partial charge on any atom is -0.466 e. The Morgan fingerprint density at radius 2 is 1.76 bits per heavy atom. The average molecular weight is 347 g/mol. The number of benzene rings is 1. The Morgan fingerprint density at radius 1 is 1.08 bits per heavy atom. The zero-order chi connectivity index (χ0) is 17.9. The van der Waals surface area contributed by atoms with Crippen LogP contribution < -0.4 is 5.32 Å². The van der Waals surface area contributed by atoms with E-state index in [9.17, 15) is 9.59 Å². The van der Waals surface area contributed by atoms with Crippen LogP contribution in [0.25, 0.3) is 0 Å². The minimum absolute atomic E-state index is 0.0281. The molecule has 0 unspecified atom stereocenters. The Balaban J connectivity index is 1.56. The number of hydrogen-bond donors (Lipinski definition) is 1. The van der Waals surface area contributed by atoms with Gasteiger partial charge in [0.1, 0.15) is 0 Å². The molecule has 25 heavy (non-hydrogen) atoms. The quantitative estimate of drug-likeness (QED) is 0.538. The van der Waals surface area contributed by atoms with E-state index in [1.807, 2.05) is 6.07 Å². The first-order chi connectivity index (χ1) is 12.2. The Bertz CT molecular complexity index is 528. The van der Waals surface area contributed by atoms with Crippen LogP contribution in [0.1, 0.15) is 25.3 Å². The van der Waals surface area contributed by atoms with Crippen molar-refractivity contribution in [1.82, 2.24) is 15.1 Å². The predicted molar refractivity (Wildman–Crippen MR) is 97.0 cm³/mol. The number of carbonyl (C=O) groups excluding carboxylic acids is 2. The second kappa shape index (κ2) is 10.8. The molecule has 1 N–H and O–H groups in total. The average Bonchev–Trinajstić information content (AvgIpc) is 2.62. The number of nitrogens with zero attached hydrogens (tertiary/aromatic N) is 2. The van der Waals surface area contributed by atoms with Crippen LogP contribution in [-0.2, 0) is 20.9 Å². The molecule has 0 aliphatic carbocycles. The van der Waals surface area contributed by atoms with Crippen LogP contribution >= 0.6 is 0 Å². The summed E-state index contributed by atoms with van der Waals surface area (Å²) in [4.78, 5) is 27.8. The normalized spacial score (nSPS) is 15.7. The molecule has 0 atom stereocenters. The first-order valence-electron chi connectivity index (χ1n) is 9.08. The van der Waals surface area contributed by atoms with E-state index >= 15 is 0 Å². The fourth-order valence-electron chi connectivity index (χ4n) is 2.90. The summed E-state index contributed by atoms with van der Waals surface area (Å²) in [5.74, 6) is -0.174. The number of amides is 1. The highest BCUT2D eigenvalue weighted by Crippen LogP contribution is 2.08. The van der Waals surface area contributed by atoms with Gasteiger partial charge in [-0.15, -0.1) is 0 Å². The third kappa shape index (κ3) is 7.67. The van der Waals surface area contributed by atoms with E-state index < -0.39 is 0 Å². The number of rotatable bonds is 9. The van der Waals surface area contributed by atoms with Crippen molar-refractivity contribution < 1.29 is 14.3 Å². The zero-order valence-corrected chi connectivity index (χ0v) is 15.1. The fraction of sp³-hybridized carbons (Fsp3) is 0.579. The van der Waals surface area contributed by atoms with Gasteiger partial charge in [0.05, 0.1) is 13.2 Å². The van der Waals surface area contributed by atoms with Crippen molar-refractivity contribution in [3.63, 3.8) is 0 Å². The molecule has 1 saturated heterocycles. The number of esters is 1. The lowest BCUT2D eigenvalue weighted by Crippen LogP contribution is -2.49. The topological polar surface area (TPSA) is 61.9 Å². The van der Waals surface area contributed by atoms with Gasteiger partial charge in [0.15, 0.2) is 0 Å². The maximum Gasteiger partial charge on any atom is 0.305 e. The summed E-state index contributed by atoms with van der Waals surface area (Å²) in [6.07, 6.45) is 0.974. The lowest BCUT2D eigenvalue weighted by atomic mass is 10.2. The highest BCUT2D eigenvalue weighted by Gasteiger charge is 2.18. The Hall–Kier alpha value is -1.92. The Kier molecular flexibility index (Phi) is 8.42. The molecular formula is C19H29N3O3. The van der Waals surface area contributed by atoms with Gasteiger partial charge in [-0.2, -0.15) is 0 Å². The molecule has 6 heteroatoms. The summed E-state index contributed by atoms with van der Waals surface area (Å²) in [6.45, 7) is 7.88. The van der Waals surface area contributed by atoms with Crippen LogP contribution in [0, 0.1) is 0 Å². The summed E-state index contributed by atoms with van der Waals surface area (Å²) < 4.78 is 4.86. The van der Waals surface area contributed by atoms with Crippen molar-refractivity contribution in [2.24, 2.45) is 0 Å². The largest absolute Gasteiger partial charge is 0.466 e. The molecule has 1 fully saturated rings. The summed E-state index contributed by atoms with van der Waals surface area (Å²) in [7, 11) is 0. The maximum atomic E-state index is 12.0. The van der Waals surface area contributed by atoms with Gasteiger partial charge < -0.3 is 10.1 Å². The first kappa shape index (κ1) is 19.4. The van der Waals surface area contributed by atoms with E-state index in [1.54, 1.807) is 6.92 Å². The van der Waals surface area contributed by atoms with Gasteiger partial charge in [-0.1, -0.05) is 30.3 Å². The SMILES string of the molecule is CCOC(=O)CCCNC(=O)CN1CCN(Cc2ccccc2)CC1. The highest BCUT2D eigenvalue weighted by atomic mass is 16.5. The van der Waals surface area contributed by atoms with E-state index in [-0.39, 0.29) is 11.9 Å². The molecule has 1 aliphatic rings. The van der Waals surface area contributed by atoms with Gasteiger partial charge in [0.25, 0.3) is 0 Å². The molecule has 6 nitrogen and oxygen atoms in total. The van der Waals surface area contributed by atoms with Gasteiger partial charge in [-0.25, -0.2) is 0 Å². The molecule has 1 aromatic rings. The molecule has 0 aromatic heterocycles. The molecule has 0 spiro atoms. The van der Waals surface area contributed by atoms with Crippen molar-refractivity contribution in [2.45, 2.75) is 26.3 Å².